The summed E-state index contributed by atoms with van der Waals surface area (Å²) in [4.78, 5) is 0.161. The van der Waals surface area contributed by atoms with Crippen molar-refractivity contribution in [2.24, 2.45) is 0 Å². The number of nitrogens with one attached hydrogen (secondary N) is 1. The molecule has 1 aromatic carbocycles. The van der Waals surface area contributed by atoms with Gasteiger partial charge in [-0.1, -0.05) is 0 Å². The SMILES string of the molecule is CNS(=O)(=O)c1cc(I)ccc1OC. The maximum Gasteiger partial charge on any atom is 0.244 e. The fourth-order valence-corrected chi connectivity index (χ4v) is 2.59. The Morgan fingerprint density at radius 3 is 2.57 bits per heavy atom. The Kier molecular flexibility index (Phi) is 3.73. The van der Waals surface area contributed by atoms with Gasteiger partial charge < -0.3 is 4.74 Å². The van der Waals surface area contributed by atoms with E-state index < -0.39 is 10.0 Å². The fraction of sp³-hybridized carbons (Fsp3) is 0.250. The Hall–Kier alpha value is -0.340. The zero-order chi connectivity index (χ0) is 10.8. The predicted molar refractivity (Wildman–Crippen MR) is 62.0 cm³/mol. The summed E-state index contributed by atoms with van der Waals surface area (Å²) in [6, 6.07) is 4.98. The van der Waals surface area contributed by atoms with Crippen molar-refractivity contribution < 1.29 is 13.2 Å². The van der Waals surface area contributed by atoms with Crippen LogP contribution in [-0.2, 0) is 10.0 Å². The number of benzene rings is 1. The van der Waals surface area contributed by atoms with Gasteiger partial charge in [0, 0.05) is 3.57 Å². The molecule has 0 unspecified atom stereocenters. The summed E-state index contributed by atoms with van der Waals surface area (Å²) in [6.45, 7) is 0. The second-order valence-corrected chi connectivity index (χ2v) is 5.60. The van der Waals surface area contributed by atoms with Gasteiger partial charge in [-0.15, -0.1) is 0 Å². The molecular weight excluding hydrogens is 317 g/mol. The smallest absolute Gasteiger partial charge is 0.244 e. The van der Waals surface area contributed by atoms with Gasteiger partial charge in [-0.3, -0.25) is 0 Å². The van der Waals surface area contributed by atoms with Gasteiger partial charge in [0.05, 0.1) is 7.11 Å². The van der Waals surface area contributed by atoms with Crippen molar-refractivity contribution in [2.45, 2.75) is 4.90 Å². The van der Waals surface area contributed by atoms with Gasteiger partial charge in [-0.2, -0.15) is 0 Å². The molecule has 0 aromatic heterocycles. The molecule has 0 aliphatic rings. The minimum atomic E-state index is -3.44. The van der Waals surface area contributed by atoms with E-state index in [-0.39, 0.29) is 4.90 Å². The number of hydrogen-bond donors (Lipinski definition) is 1. The molecule has 0 bridgehead atoms. The molecule has 0 spiro atoms. The molecule has 78 valence electrons. The van der Waals surface area contributed by atoms with Crippen LogP contribution in [0.4, 0.5) is 0 Å². The molecule has 0 aliphatic carbocycles. The van der Waals surface area contributed by atoms with Gasteiger partial charge >= 0.3 is 0 Å². The van der Waals surface area contributed by atoms with Crippen LogP contribution in [0.1, 0.15) is 0 Å². The van der Waals surface area contributed by atoms with Crippen molar-refractivity contribution >= 4 is 32.6 Å². The van der Waals surface area contributed by atoms with E-state index in [4.69, 9.17) is 4.74 Å². The van der Waals surface area contributed by atoms with Gasteiger partial charge in [-0.25, -0.2) is 13.1 Å². The second-order valence-electron chi connectivity index (χ2n) is 2.50. The molecule has 6 heteroatoms. The summed E-state index contributed by atoms with van der Waals surface area (Å²) in [6.07, 6.45) is 0. The highest BCUT2D eigenvalue weighted by molar-refractivity contribution is 14.1. The average molecular weight is 327 g/mol. The first-order valence-corrected chi connectivity index (χ1v) is 6.34. The van der Waals surface area contributed by atoms with Gasteiger partial charge in [-0.05, 0) is 47.8 Å². The Labute approximate surface area is 96.8 Å². The van der Waals surface area contributed by atoms with Crippen molar-refractivity contribution in [2.75, 3.05) is 14.2 Å². The summed E-state index contributed by atoms with van der Waals surface area (Å²) in [5.74, 6) is 0.347. The average Bonchev–Trinajstić information content (AvgIpc) is 2.18. The third-order valence-corrected chi connectivity index (χ3v) is 3.79. The maximum atomic E-state index is 11.5. The standard InChI is InChI=1S/C8H10INO3S/c1-10-14(11,12)8-5-6(9)3-4-7(8)13-2/h3-5,10H,1-2H3. The lowest BCUT2D eigenvalue weighted by molar-refractivity contribution is 0.402. The third kappa shape index (κ3) is 2.37. The molecule has 0 radical (unpaired) electrons. The fourth-order valence-electron chi connectivity index (χ4n) is 0.971. The Bertz CT molecular complexity index is 430. The van der Waals surface area contributed by atoms with Gasteiger partial charge in [0.1, 0.15) is 10.6 Å². The predicted octanol–water partition coefficient (Wildman–Crippen LogP) is 1.21. The molecule has 1 N–H and O–H groups in total. The lowest BCUT2D eigenvalue weighted by Gasteiger charge is -2.08. The Balaban J connectivity index is 3.39. The van der Waals surface area contributed by atoms with Gasteiger partial charge in [0.25, 0.3) is 0 Å². The summed E-state index contributed by atoms with van der Waals surface area (Å²) in [7, 11) is -0.632. The molecule has 0 heterocycles. The molecule has 0 fully saturated rings. The normalized spacial score (nSPS) is 11.4. The van der Waals surface area contributed by atoms with E-state index in [9.17, 15) is 8.42 Å². The Morgan fingerprint density at radius 2 is 2.07 bits per heavy atom. The van der Waals surface area contributed by atoms with Gasteiger partial charge in [0.2, 0.25) is 10.0 Å². The highest BCUT2D eigenvalue weighted by Crippen LogP contribution is 2.24. The molecule has 14 heavy (non-hydrogen) atoms. The largest absolute Gasteiger partial charge is 0.495 e. The number of hydrogen-bond acceptors (Lipinski definition) is 3. The van der Waals surface area contributed by atoms with Crippen LogP contribution in [-0.4, -0.2) is 22.6 Å². The Morgan fingerprint density at radius 1 is 1.43 bits per heavy atom. The highest BCUT2D eigenvalue weighted by atomic mass is 127. The molecule has 1 rings (SSSR count). The zero-order valence-corrected chi connectivity index (χ0v) is 10.7. The zero-order valence-electron chi connectivity index (χ0n) is 7.74. The molecule has 0 saturated carbocycles. The van der Waals surface area contributed by atoms with Crippen molar-refractivity contribution in [3.63, 3.8) is 0 Å². The monoisotopic (exact) mass is 327 g/mol. The van der Waals surface area contributed by atoms with Crippen molar-refractivity contribution in [3.8, 4) is 5.75 Å². The van der Waals surface area contributed by atoms with Crippen molar-refractivity contribution in [1.29, 1.82) is 0 Å². The first-order valence-electron chi connectivity index (χ1n) is 3.78. The van der Waals surface area contributed by atoms with Gasteiger partial charge in [0.15, 0.2) is 0 Å². The molecule has 0 atom stereocenters. The number of halogens is 1. The van der Waals surface area contributed by atoms with E-state index in [1.165, 1.54) is 14.2 Å². The van der Waals surface area contributed by atoms with E-state index in [2.05, 4.69) is 4.72 Å². The summed E-state index contributed by atoms with van der Waals surface area (Å²) < 4.78 is 31.1. The van der Waals surface area contributed by atoms with Crippen LogP contribution < -0.4 is 9.46 Å². The summed E-state index contributed by atoms with van der Waals surface area (Å²) in [5.41, 5.74) is 0. The van der Waals surface area contributed by atoms with Crippen LogP contribution in [0.25, 0.3) is 0 Å². The number of methoxy groups -OCH3 is 1. The van der Waals surface area contributed by atoms with Crippen LogP contribution in [0.2, 0.25) is 0 Å². The quantitative estimate of drug-likeness (QED) is 0.849. The maximum absolute atomic E-state index is 11.5. The summed E-state index contributed by atoms with van der Waals surface area (Å²) >= 11 is 2.05. The lowest BCUT2D eigenvalue weighted by atomic mass is 10.3. The number of sulfonamides is 1. The highest BCUT2D eigenvalue weighted by Gasteiger charge is 2.17. The van der Waals surface area contributed by atoms with Crippen LogP contribution in [0, 0.1) is 3.57 Å². The molecular formula is C8H10INO3S. The molecule has 0 saturated heterocycles. The van der Waals surface area contributed by atoms with Crippen LogP contribution >= 0.6 is 22.6 Å². The van der Waals surface area contributed by atoms with E-state index >= 15 is 0 Å². The number of ether oxygens (including phenoxy) is 1. The van der Waals surface area contributed by atoms with Crippen LogP contribution in [0.15, 0.2) is 23.1 Å². The van der Waals surface area contributed by atoms with E-state index in [1.807, 2.05) is 22.6 Å². The molecule has 0 aliphatic heterocycles. The molecule has 4 nitrogen and oxygen atoms in total. The number of rotatable bonds is 3. The molecule has 1 aromatic rings. The van der Waals surface area contributed by atoms with Crippen molar-refractivity contribution in [3.05, 3.63) is 21.8 Å². The minimum Gasteiger partial charge on any atom is -0.495 e. The van der Waals surface area contributed by atoms with E-state index in [0.29, 0.717) is 5.75 Å². The topological polar surface area (TPSA) is 55.4 Å². The van der Waals surface area contributed by atoms with Crippen LogP contribution in [0.5, 0.6) is 5.75 Å². The first kappa shape index (κ1) is 11.7. The third-order valence-electron chi connectivity index (χ3n) is 1.68. The lowest BCUT2D eigenvalue weighted by Crippen LogP contribution is -2.19. The first-order chi connectivity index (χ1) is 6.51. The minimum absolute atomic E-state index is 0.161. The van der Waals surface area contributed by atoms with E-state index in [0.717, 1.165) is 3.57 Å². The van der Waals surface area contributed by atoms with E-state index in [1.54, 1.807) is 18.2 Å². The second kappa shape index (κ2) is 4.45. The van der Waals surface area contributed by atoms with Crippen molar-refractivity contribution in [1.82, 2.24) is 4.72 Å². The van der Waals surface area contributed by atoms with Crippen LogP contribution in [0.3, 0.4) is 0 Å². The molecule has 0 amide bonds. The summed E-state index contributed by atoms with van der Waals surface area (Å²) in [5, 5.41) is 0.